The van der Waals surface area contributed by atoms with E-state index >= 15 is 0 Å². The molecule has 2 rings (SSSR count). The van der Waals surface area contributed by atoms with Crippen LogP contribution < -0.4 is 10.6 Å². The monoisotopic (exact) mass is 269 g/mol. The summed E-state index contributed by atoms with van der Waals surface area (Å²) in [5.74, 6) is 0. The largest absolute Gasteiger partial charge is 0.379 e. The molecule has 18 heavy (non-hydrogen) atoms. The number of aromatic nitrogens is 1. The van der Waals surface area contributed by atoms with Gasteiger partial charge in [-0.15, -0.1) is 11.3 Å². The Morgan fingerprint density at radius 1 is 1.67 bits per heavy atom. The third-order valence-electron chi connectivity index (χ3n) is 3.19. The van der Waals surface area contributed by atoms with E-state index in [0.717, 1.165) is 39.1 Å². The maximum Gasteiger partial charge on any atom is 0.107 e. The van der Waals surface area contributed by atoms with Gasteiger partial charge in [0.1, 0.15) is 5.01 Å². The Balaban J connectivity index is 1.68. The van der Waals surface area contributed by atoms with E-state index in [0.29, 0.717) is 12.1 Å². The van der Waals surface area contributed by atoms with Gasteiger partial charge in [-0.2, -0.15) is 0 Å². The van der Waals surface area contributed by atoms with Crippen LogP contribution in [0.2, 0.25) is 0 Å². The number of hydrogen-bond donors (Lipinski definition) is 2. The van der Waals surface area contributed by atoms with Crippen LogP contribution in [-0.4, -0.2) is 36.8 Å². The Labute approximate surface area is 113 Å². The smallest absolute Gasteiger partial charge is 0.107 e. The molecule has 4 nitrogen and oxygen atoms in total. The second-order valence-corrected chi connectivity index (χ2v) is 6.02. The molecule has 0 bridgehead atoms. The van der Waals surface area contributed by atoms with E-state index in [1.165, 1.54) is 9.88 Å². The number of nitrogens with one attached hydrogen (secondary N) is 2. The molecular formula is C13H23N3OS. The molecule has 1 aromatic heterocycles. The summed E-state index contributed by atoms with van der Waals surface area (Å²) in [7, 11) is 0. The molecule has 1 aliphatic rings. The van der Waals surface area contributed by atoms with E-state index in [2.05, 4.69) is 29.5 Å². The quantitative estimate of drug-likeness (QED) is 0.823. The fraction of sp³-hybridized carbons (Fsp3) is 0.769. The van der Waals surface area contributed by atoms with Crippen LogP contribution in [0, 0.1) is 0 Å². The minimum atomic E-state index is 0.484. The molecule has 1 aromatic rings. The zero-order chi connectivity index (χ0) is 12.8. The van der Waals surface area contributed by atoms with E-state index in [9.17, 15) is 0 Å². The molecule has 0 amide bonds. The number of hydrogen-bond acceptors (Lipinski definition) is 5. The fourth-order valence-corrected chi connectivity index (χ4v) is 2.95. The van der Waals surface area contributed by atoms with Gasteiger partial charge in [-0.05, 0) is 19.8 Å². The molecule has 5 heteroatoms. The molecule has 2 N–H and O–H groups in total. The molecule has 102 valence electrons. The minimum absolute atomic E-state index is 0.484. The van der Waals surface area contributed by atoms with Gasteiger partial charge < -0.3 is 15.4 Å². The zero-order valence-electron chi connectivity index (χ0n) is 11.2. The van der Waals surface area contributed by atoms with Crippen LogP contribution in [0.25, 0.3) is 0 Å². The van der Waals surface area contributed by atoms with Gasteiger partial charge in [0.25, 0.3) is 0 Å². The van der Waals surface area contributed by atoms with E-state index < -0.39 is 0 Å². The van der Waals surface area contributed by atoms with Crippen LogP contribution in [0.3, 0.4) is 0 Å². The minimum Gasteiger partial charge on any atom is -0.379 e. The van der Waals surface area contributed by atoms with Crippen molar-refractivity contribution in [3.8, 4) is 0 Å². The average molecular weight is 269 g/mol. The van der Waals surface area contributed by atoms with Crippen molar-refractivity contribution < 1.29 is 4.74 Å². The Hall–Kier alpha value is -0.490. The van der Waals surface area contributed by atoms with Crippen molar-refractivity contribution in [3.63, 3.8) is 0 Å². The summed E-state index contributed by atoms with van der Waals surface area (Å²) in [6.07, 6.45) is 4.17. The number of ether oxygens (including phenoxy) is 1. The van der Waals surface area contributed by atoms with Crippen molar-refractivity contribution in [1.82, 2.24) is 15.6 Å². The van der Waals surface area contributed by atoms with Crippen molar-refractivity contribution in [1.29, 1.82) is 0 Å². The fourth-order valence-electron chi connectivity index (χ4n) is 2.14. The van der Waals surface area contributed by atoms with Crippen molar-refractivity contribution in [2.24, 2.45) is 0 Å². The highest BCUT2D eigenvalue weighted by Crippen LogP contribution is 2.13. The number of thiazole rings is 1. The molecule has 1 aliphatic heterocycles. The maximum atomic E-state index is 5.46. The van der Waals surface area contributed by atoms with Crippen molar-refractivity contribution >= 4 is 11.3 Å². The molecule has 0 aliphatic carbocycles. The molecule has 0 saturated carbocycles. The van der Waals surface area contributed by atoms with E-state index in [-0.39, 0.29) is 0 Å². The summed E-state index contributed by atoms with van der Waals surface area (Å²) >= 11 is 1.81. The van der Waals surface area contributed by atoms with Crippen LogP contribution in [0.4, 0.5) is 0 Å². The standard InChI is InChI=1S/C13H23N3OS/c1-3-12-7-16-13(18-12)8-15-10(2)6-11-9-17-5-4-14-11/h7,10-11,14-15H,3-6,8-9H2,1-2H3. The second kappa shape index (κ2) is 7.19. The third-order valence-corrected chi connectivity index (χ3v) is 4.33. The lowest BCUT2D eigenvalue weighted by atomic mass is 10.1. The Morgan fingerprint density at radius 2 is 2.56 bits per heavy atom. The first-order valence-corrected chi connectivity index (χ1v) is 7.57. The summed E-state index contributed by atoms with van der Waals surface area (Å²) in [5, 5.41) is 8.21. The molecular weight excluding hydrogens is 246 g/mol. The van der Waals surface area contributed by atoms with Crippen LogP contribution in [0.1, 0.15) is 30.2 Å². The molecule has 0 radical (unpaired) electrons. The first-order valence-electron chi connectivity index (χ1n) is 6.76. The Morgan fingerprint density at radius 3 is 3.22 bits per heavy atom. The lowest BCUT2D eigenvalue weighted by molar-refractivity contribution is 0.0712. The second-order valence-electron chi connectivity index (χ2n) is 4.82. The SMILES string of the molecule is CCc1cnc(CNC(C)CC2COCCN2)s1. The van der Waals surface area contributed by atoms with Gasteiger partial charge >= 0.3 is 0 Å². The molecule has 2 unspecified atom stereocenters. The first kappa shape index (κ1) is 13.9. The number of aryl methyl sites for hydroxylation is 1. The summed E-state index contributed by atoms with van der Waals surface area (Å²) in [4.78, 5) is 5.78. The summed E-state index contributed by atoms with van der Waals surface area (Å²) in [6, 6.07) is 0.974. The van der Waals surface area contributed by atoms with Gasteiger partial charge in [0.15, 0.2) is 0 Å². The summed E-state index contributed by atoms with van der Waals surface area (Å²) in [5.41, 5.74) is 0. The van der Waals surface area contributed by atoms with Crippen LogP contribution >= 0.6 is 11.3 Å². The van der Waals surface area contributed by atoms with Gasteiger partial charge in [-0.3, -0.25) is 0 Å². The maximum absolute atomic E-state index is 5.46. The molecule has 2 heterocycles. The Kier molecular flexibility index (Phi) is 5.56. The number of rotatable bonds is 6. The highest BCUT2D eigenvalue weighted by molar-refractivity contribution is 7.11. The van der Waals surface area contributed by atoms with Crippen LogP contribution in [0.15, 0.2) is 6.20 Å². The molecule has 1 fully saturated rings. The highest BCUT2D eigenvalue weighted by atomic mass is 32.1. The lowest BCUT2D eigenvalue weighted by Gasteiger charge is -2.26. The zero-order valence-corrected chi connectivity index (χ0v) is 12.1. The molecule has 0 spiro atoms. The van der Waals surface area contributed by atoms with Crippen molar-refractivity contribution in [3.05, 3.63) is 16.1 Å². The summed E-state index contributed by atoms with van der Waals surface area (Å²) < 4.78 is 5.46. The lowest BCUT2D eigenvalue weighted by Crippen LogP contribution is -2.44. The molecule has 1 saturated heterocycles. The highest BCUT2D eigenvalue weighted by Gasteiger charge is 2.16. The average Bonchev–Trinajstić information content (AvgIpc) is 2.85. The summed E-state index contributed by atoms with van der Waals surface area (Å²) in [6.45, 7) is 7.93. The topological polar surface area (TPSA) is 46.2 Å². The number of morpholine rings is 1. The number of nitrogens with zero attached hydrogens (tertiary/aromatic N) is 1. The normalized spacial score (nSPS) is 22.0. The van der Waals surface area contributed by atoms with Crippen molar-refractivity contribution in [2.45, 2.75) is 45.3 Å². The van der Waals surface area contributed by atoms with Crippen molar-refractivity contribution in [2.75, 3.05) is 19.8 Å². The van der Waals surface area contributed by atoms with Gasteiger partial charge in [-0.1, -0.05) is 6.92 Å². The third kappa shape index (κ3) is 4.31. The van der Waals surface area contributed by atoms with Gasteiger partial charge in [0, 0.05) is 36.2 Å². The van der Waals surface area contributed by atoms with E-state index in [1.807, 2.05) is 17.5 Å². The molecule has 0 aromatic carbocycles. The van der Waals surface area contributed by atoms with E-state index in [1.54, 1.807) is 0 Å². The predicted octanol–water partition coefficient (Wildman–Crippen LogP) is 1.56. The predicted molar refractivity (Wildman–Crippen MR) is 75.0 cm³/mol. The first-order chi connectivity index (χ1) is 8.78. The molecule has 2 atom stereocenters. The Bertz CT molecular complexity index is 350. The van der Waals surface area contributed by atoms with Crippen LogP contribution in [-0.2, 0) is 17.7 Å². The van der Waals surface area contributed by atoms with Gasteiger partial charge in [0.2, 0.25) is 0 Å². The van der Waals surface area contributed by atoms with Gasteiger partial charge in [0.05, 0.1) is 13.2 Å². The van der Waals surface area contributed by atoms with E-state index in [4.69, 9.17) is 4.74 Å². The van der Waals surface area contributed by atoms with Gasteiger partial charge in [-0.25, -0.2) is 4.98 Å². The van der Waals surface area contributed by atoms with Crippen LogP contribution in [0.5, 0.6) is 0 Å².